The lowest BCUT2D eigenvalue weighted by Gasteiger charge is -2.29. The molecule has 0 aliphatic carbocycles. The van der Waals surface area contributed by atoms with Crippen LogP contribution in [-0.2, 0) is 9.59 Å². The summed E-state index contributed by atoms with van der Waals surface area (Å²) in [5.41, 5.74) is 5.01. The lowest BCUT2D eigenvalue weighted by Crippen LogP contribution is -2.24. The van der Waals surface area contributed by atoms with Gasteiger partial charge in [-0.2, -0.15) is 0 Å². The molecule has 1 amide bonds. The van der Waals surface area contributed by atoms with Gasteiger partial charge in [0.05, 0.1) is 19.7 Å². The van der Waals surface area contributed by atoms with Crippen molar-refractivity contribution in [1.82, 2.24) is 4.98 Å². The number of carboxylic acid groups (broad SMARTS) is 1. The molecule has 2 aromatic carbocycles. The summed E-state index contributed by atoms with van der Waals surface area (Å²) in [7, 11) is 3.21. The van der Waals surface area contributed by atoms with Gasteiger partial charge in [-0.1, -0.05) is 12.1 Å². The second-order valence-corrected chi connectivity index (χ2v) is 6.57. The van der Waals surface area contributed by atoms with E-state index in [1.165, 1.54) is 0 Å². The predicted molar refractivity (Wildman–Crippen MR) is 110 cm³/mol. The number of fused-ring (bicyclic) bond motifs is 2. The minimum absolute atomic E-state index is 0.00462. The van der Waals surface area contributed by atoms with Gasteiger partial charge >= 0.3 is 0 Å². The summed E-state index contributed by atoms with van der Waals surface area (Å²) < 4.78 is 10.9. The Hall–Kier alpha value is -3.61. The van der Waals surface area contributed by atoms with Gasteiger partial charge in [-0.05, 0) is 41.8 Å². The predicted octanol–water partition coefficient (Wildman–Crippen LogP) is 3.74. The highest BCUT2D eigenvalue weighted by atomic mass is 16.5. The lowest BCUT2D eigenvalue weighted by molar-refractivity contribution is -0.123. The van der Waals surface area contributed by atoms with Crippen molar-refractivity contribution in [3.63, 3.8) is 0 Å². The van der Waals surface area contributed by atoms with Crippen molar-refractivity contribution in [2.45, 2.75) is 19.3 Å². The summed E-state index contributed by atoms with van der Waals surface area (Å²) >= 11 is 0. The molecule has 2 heterocycles. The number of ether oxygens (including phenoxy) is 2. The summed E-state index contributed by atoms with van der Waals surface area (Å²) in [6, 6.07) is 11.9. The van der Waals surface area contributed by atoms with E-state index in [9.17, 15) is 4.79 Å². The molecule has 2 N–H and O–H groups in total. The molecule has 0 saturated carbocycles. The van der Waals surface area contributed by atoms with Crippen LogP contribution in [0.1, 0.15) is 29.0 Å². The smallest absolute Gasteiger partial charge is 0.290 e. The van der Waals surface area contributed by atoms with Crippen LogP contribution in [0, 0.1) is 6.92 Å². The van der Waals surface area contributed by atoms with Gasteiger partial charge in [-0.3, -0.25) is 14.6 Å². The van der Waals surface area contributed by atoms with Crippen molar-refractivity contribution in [3.8, 4) is 11.5 Å². The van der Waals surface area contributed by atoms with Crippen LogP contribution < -0.4 is 14.8 Å². The second kappa shape index (κ2) is 8.60. The fourth-order valence-corrected chi connectivity index (χ4v) is 3.79. The quantitative estimate of drug-likeness (QED) is 0.657. The minimum atomic E-state index is -0.250. The van der Waals surface area contributed by atoms with Crippen LogP contribution in [0.25, 0.3) is 10.9 Å². The number of aryl methyl sites for hydroxylation is 1. The highest BCUT2D eigenvalue weighted by Crippen LogP contribution is 2.45. The molecule has 1 aromatic heterocycles. The number of pyridine rings is 1. The Labute approximate surface area is 168 Å². The van der Waals surface area contributed by atoms with Crippen molar-refractivity contribution in [2.75, 3.05) is 19.5 Å². The Morgan fingerprint density at radius 1 is 1.17 bits per heavy atom. The van der Waals surface area contributed by atoms with Gasteiger partial charge < -0.3 is 19.9 Å². The Morgan fingerprint density at radius 3 is 2.55 bits per heavy atom. The number of methoxy groups -OCH3 is 2. The number of carbonyl (C=O) groups is 2. The van der Waals surface area contributed by atoms with E-state index in [0.717, 1.165) is 33.3 Å². The van der Waals surface area contributed by atoms with Gasteiger partial charge in [0.25, 0.3) is 6.47 Å². The number of aromatic nitrogens is 1. The molecule has 150 valence electrons. The van der Waals surface area contributed by atoms with Crippen molar-refractivity contribution in [1.29, 1.82) is 0 Å². The van der Waals surface area contributed by atoms with Gasteiger partial charge in [0.2, 0.25) is 5.91 Å². The normalized spacial score (nSPS) is 14.9. The summed E-state index contributed by atoms with van der Waals surface area (Å²) in [5, 5.41) is 10.9. The van der Waals surface area contributed by atoms with Crippen LogP contribution in [0.2, 0.25) is 0 Å². The molecule has 0 spiro atoms. The van der Waals surface area contributed by atoms with Crippen molar-refractivity contribution < 1.29 is 24.2 Å². The third-order valence-electron chi connectivity index (χ3n) is 4.99. The fourth-order valence-electron chi connectivity index (χ4n) is 3.79. The first kappa shape index (κ1) is 20.1. The fraction of sp³-hybridized carbons (Fsp3) is 0.227. The Bertz CT molecular complexity index is 1060. The van der Waals surface area contributed by atoms with Gasteiger partial charge in [0.15, 0.2) is 11.5 Å². The number of hydrogen-bond acceptors (Lipinski definition) is 5. The van der Waals surface area contributed by atoms with E-state index in [1.54, 1.807) is 20.4 Å². The van der Waals surface area contributed by atoms with Crippen LogP contribution in [0.5, 0.6) is 11.5 Å². The van der Waals surface area contributed by atoms with Gasteiger partial charge in [0, 0.05) is 35.7 Å². The Kier molecular flexibility index (Phi) is 5.97. The van der Waals surface area contributed by atoms with Crippen LogP contribution in [0.4, 0.5) is 5.69 Å². The van der Waals surface area contributed by atoms with E-state index in [1.807, 2.05) is 24.3 Å². The number of benzene rings is 2. The zero-order valence-corrected chi connectivity index (χ0v) is 16.4. The molecule has 0 bridgehead atoms. The van der Waals surface area contributed by atoms with E-state index >= 15 is 0 Å². The number of hydrogen-bond donors (Lipinski definition) is 2. The molecule has 1 aliphatic rings. The van der Waals surface area contributed by atoms with Crippen molar-refractivity contribution in [2.24, 2.45) is 0 Å². The summed E-state index contributed by atoms with van der Waals surface area (Å²) in [6.45, 7) is 1.83. The molecule has 1 unspecified atom stereocenters. The largest absolute Gasteiger partial charge is 0.493 e. The average Bonchev–Trinajstić information content (AvgIpc) is 2.72. The highest BCUT2D eigenvalue weighted by Gasteiger charge is 2.30. The van der Waals surface area contributed by atoms with E-state index in [2.05, 4.69) is 29.4 Å². The van der Waals surface area contributed by atoms with Crippen LogP contribution >= 0.6 is 0 Å². The number of nitrogens with one attached hydrogen (secondary N) is 1. The molecule has 0 fully saturated rings. The third-order valence-corrected chi connectivity index (χ3v) is 4.99. The van der Waals surface area contributed by atoms with Gasteiger partial charge in [-0.25, -0.2) is 0 Å². The number of amides is 1. The summed E-state index contributed by atoms with van der Waals surface area (Å²) in [4.78, 5) is 25.2. The number of nitrogens with zero attached hydrogens (tertiary/aromatic N) is 1. The Morgan fingerprint density at radius 2 is 1.86 bits per heavy atom. The highest BCUT2D eigenvalue weighted by molar-refractivity contribution is 5.97. The minimum Gasteiger partial charge on any atom is -0.493 e. The van der Waals surface area contributed by atoms with Gasteiger partial charge in [-0.15, -0.1) is 0 Å². The SMILES string of the molecule is COc1cc2c(cc1OC)C(c1c(C)ccc3ncccc13)CC(=O)N2.O=CO. The summed E-state index contributed by atoms with van der Waals surface area (Å²) in [6.07, 6.45) is 2.17. The number of carbonyl (C=O) groups excluding carboxylic acids is 1. The first-order valence-corrected chi connectivity index (χ1v) is 9.01. The maximum Gasteiger partial charge on any atom is 0.290 e. The first-order chi connectivity index (χ1) is 14.0. The van der Waals surface area contributed by atoms with Crippen LogP contribution in [-0.4, -0.2) is 36.7 Å². The topological polar surface area (TPSA) is 97.8 Å². The summed E-state index contributed by atoms with van der Waals surface area (Å²) in [5.74, 6) is 1.19. The van der Waals surface area contributed by atoms with Gasteiger partial charge in [0.1, 0.15) is 0 Å². The van der Waals surface area contributed by atoms with E-state index in [4.69, 9.17) is 19.4 Å². The number of anilines is 1. The zero-order chi connectivity index (χ0) is 21.0. The van der Waals surface area contributed by atoms with Crippen molar-refractivity contribution in [3.05, 3.63) is 59.3 Å². The average molecular weight is 394 g/mol. The second-order valence-electron chi connectivity index (χ2n) is 6.57. The molecule has 29 heavy (non-hydrogen) atoms. The molecule has 4 rings (SSSR count). The molecule has 0 radical (unpaired) electrons. The molecule has 7 heteroatoms. The van der Waals surface area contributed by atoms with E-state index in [-0.39, 0.29) is 18.3 Å². The number of rotatable bonds is 3. The first-order valence-electron chi connectivity index (χ1n) is 9.01. The third kappa shape index (κ3) is 3.85. The molecular formula is C22H22N2O5. The zero-order valence-electron chi connectivity index (χ0n) is 16.4. The lowest BCUT2D eigenvalue weighted by atomic mass is 9.81. The maximum absolute atomic E-state index is 12.4. The van der Waals surface area contributed by atoms with E-state index in [0.29, 0.717) is 17.9 Å². The molecular weight excluding hydrogens is 372 g/mol. The van der Waals surface area contributed by atoms with Crippen LogP contribution in [0.15, 0.2) is 42.6 Å². The van der Waals surface area contributed by atoms with E-state index < -0.39 is 0 Å². The maximum atomic E-state index is 12.4. The van der Waals surface area contributed by atoms with Crippen LogP contribution in [0.3, 0.4) is 0 Å². The molecule has 3 aromatic rings. The molecule has 7 nitrogen and oxygen atoms in total. The standard InChI is InChI=1S/C21H20N2O3.CH2O2/c1-12-6-7-16-13(5-4-8-22-16)21(12)15-10-20(24)23-17-11-19(26-3)18(25-2)9-14(15)17;2-1-3/h4-9,11,15H,10H2,1-3H3,(H,23,24);1H,(H,2,3). The molecule has 0 saturated heterocycles. The molecule has 1 atom stereocenters. The molecule has 1 aliphatic heterocycles. The van der Waals surface area contributed by atoms with Crippen molar-refractivity contribution >= 4 is 29.0 Å². The monoisotopic (exact) mass is 394 g/mol. The Balaban J connectivity index is 0.000000755.